The number of aromatic nitrogens is 4. The van der Waals surface area contributed by atoms with Gasteiger partial charge in [-0.05, 0) is 49.1 Å². The Kier molecular flexibility index (Phi) is 5.83. The molecule has 0 aliphatic carbocycles. The van der Waals surface area contributed by atoms with Crippen molar-refractivity contribution in [2.24, 2.45) is 5.92 Å². The summed E-state index contributed by atoms with van der Waals surface area (Å²) in [6, 6.07) is 16.8. The van der Waals surface area contributed by atoms with E-state index in [1.165, 1.54) is 9.13 Å². The molecule has 0 fully saturated rings. The molecule has 0 N–H and O–H groups in total. The number of imidazole rings is 1. The molecular formula is C24H25ClN4O2. The van der Waals surface area contributed by atoms with Crippen LogP contribution in [-0.4, -0.2) is 18.7 Å². The van der Waals surface area contributed by atoms with Crippen molar-refractivity contribution in [1.29, 1.82) is 0 Å². The molecule has 0 saturated heterocycles. The molecule has 0 spiro atoms. The smallest absolute Gasteiger partial charge is 0.317 e. The SMILES string of the molecule is CC(C)CCn1c(=O)c2c(ncn2[C@H](C)c2ccccc2)n(-c2ccc(Cl)cc2)c1=O. The Labute approximate surface area is 185 Å². The molecule has 0 amide bonds. The average Bonchev–Trinajstić information content (AvgIpc) is 3.20. The molecular weight excluding hydrogens is 412 g/mol. The lowest BCUT2D eigenvalue weighted by Gasteiger charge is -2.17. The summed E-state index contributed by atoms with van der Waals surface area (Å²) in [4.78, 5) is 31.4. The van der Waals surface area contributed by atoms with Gasteiger partial charge in [0, 0.05) is 11.6 Å². The molecule has 2 aromatic carbocycles. The maximum Gasteiger partial charge on any atom is 0.337 e. The van der Waals surface area contributed by atoms with Crippen LogP contribution in [-0.2, 0) is 6.54 Å². The fourth-order valence-electron chi connectivity index (χ4n) is 3.74. The molecule has 0 aliphatic heterocycles. The number of fused-ring (bicyclic) bond motifs is 1. The van der Waals surface area contributed by atoms with Crippen LogP contribution in [0.15, 0.2) is 70.5 Å². The third kappa shape index (κ3) is 3.95. The van der Waals surface area contributed by atoms with Gasteiger partial charge in [-0.1, -0.05) is 55.8 Å². The second-order valence-corrected chi connectivity index (χ2v) is 8.58. The summed E-state index contributed by atoms with van der Waals surface area (Å²) in [5.74, 6) is 0.360. The Hall–Kier alpha value is -3.12. The van der Waals surface area contributed by atoms with E-state index in [2.05, 4.69) is 18.8 Å². The van der Waals surface area contributed by atoms with E-state index in [1.807, 2.05) is 41.8 Å². The summed E-state index contributed by atoms with van der Waals surface area (Å²) in [7, 11) is 0. The first-order valence-electron chi connectivity index (χ1n) is 10.4. The second-order valence-electron chi connectivity index (χ2n) is 8.14. The van der Waals surface area contributed by atoms with Crippen LogP contribution in [0.4, 0.5) is 0 Å². The molecule has 0 radical (unpaired) electrons. The summed E-state index contributed by atoms with van der Waals surface area (Å²) < 4.78 is 4.68. The molecule has 2 heterocycles. The van der Waals surface area contributed by atoms with E-state index < -0.39 is 5.69 Å². The highest BCUT2D eigenvalue weighted by molar-refractivity contribution is 6.30. The van der Waals surface area contributed by atoms with Crippen molar-refractivity contribution in [2.45, 2.75) is 39.8 Å². The highest BCUT2D eigenvalue weighted by atomic mass is 35.5. The van der Waals surface area contributed by atoms with Gasteiger partial charge in [0.15, 0.2) is 11.2 Å². The summed E-state index contributed by atoms with van der Waals surface area (Å²) >= 11 is 6.05. The van der Waals surface area contributed by atoms with E-state index in [-0.39, 0.29) is 11.6 Å². The van der Waals surface area contributed by atoms with Crippen molar-refractivity contribution in [2.75, 3.05) is 0 Å². The monoisotopic (exact) mass is 436 g/mol. The first-order valence-corrected chi connectivity index (χ1v) is 10.8. The Balaban J connectivity index is 2.00. The zero-order chi connectivity index (χ0) is 22.1. The van der Waals surface area contributed by atoms with Gasteiger partial charge in [0.1, 0.15) is 0 Å². The van der Waals surface area contributed by atoms with E-state index in [9.17, 15) is 9.59 Å². The van der Waals surface area contributed by atoms with Crippen LogP contribution in [0.5, 0.6) is 0 Å². The summed E-state index contributed by atoms with van der Waals surface area (Å²) in [6.07, 6.45) is 2.37. The summed E-state index contributed by atoms with van der Waals surface area (Å²) in [5, 5.41) is 0.574. The van der Waals surface area contributed by atoms with Crippen molar-refractivity contribution >= 4 is 22.8 Å². The van der Waals surface area contributed by atoms with E-state index in [4.69, 9.17) is 11.6 Å². The van der Waals surface area contributed by atoms with Crippen molar-refractivity contribution in [3.63, 3.8) is 0 Å². The topological polar surface area (TPSA) is 61.8 Å². The average molecular weight is 437 g/mol. The molecule has 0 unspecified atom stereocenters. The maximum atomic E-state index is 13.5. The number of benzene rings is 2. The largest absolute Gasteiger partial charge is 0.337 e. The Morgan fingerprint density at radius 1 is 0.968 bits per heavy atom. The zero-order valence-electron chi connectivity index (χ0n) is 17.8. The van der Waals surface area contributed by atoms with Crippen LogP contribution in [0.1, 0.15) is 38.8 Å². The zero-order valence-corrected chi connectivity index (χ0v) is 18.6. The number of hydrogen-bond donors (Lipinski definition) is 0. The van der Waals surface area contributed by atoms with Gasteiger partial charge in [-0.2, -0.15) is 0 Å². The summed E-state index contributed by atoms with van der Waals surface area (Å²) in [5.41, 5.74) is 1.73. The fourth-order valence-corrected chi connectivity index (χ4v) is 3.87. The van der Waals surface area contributed by atoms with Crippen molar-refractivity contribution in [3.8, 4) is 5.69 Å². The van der Waals surface area contributed by atoms with Gasteiger partial charge in [0.2, 0.25) is 0 Å². The van der Waals surface area contributed by atoms with Crippen LogP contribution in [0.25, 0.3) is 16.9 Å². The van der Waals surface area contributed by atoms with Crippen LogP contribution >= 0.6 is 11.6 Å². The molecule has 2 aromatic heterocycles. The lowest BCUT2D eigenvalue weighted by molar-refractivity contribution is 0.491. The maximum absolute atomic E-state index is 13.5. The number of rotatable bonds is 6. The minimum absolute atomic E-state index is 0.117. The van der Waals surface area contributed by atoms with E-state index >= 15 is 0 Å². The molecule has 4 rings (SSSR count). The van der Waals surface area contributed by atoms with Crippen molar-refractivity contribution in [3.05, 3.63) is 92.3 Å². The number of nitrogens with zero attached hydrogens (tertiary/aromatic N) is 4. The quantitative estimate of drug-likeness (QED) is 0.441. The van der Waals surface area contributed by atoms with Gasteiger partial charge in [0.25, 0.3) is 5.56 Å². The van der Waals surface area contributed by atoms with Gasteiger partial charge in [-0.25, -0.2) is 14.3 Å². The normalized spacial score (nSPS) is 12.5. The van der Waals surface area contributed by atoms with Crippen molar-refractivity contribution < 1.29 is 0 Å². The van der Waals surface area contributed by atoms with E-state index in [0.29, 0.717) is 34.3 Å². The molecule has 160 valence electrons. The Bertz CT molecular complexity index is 1320. The van der Waals surface area contributed by atoms with Gasteiger partial charge < -0.3 is 4.57 Å². The summed E-state index contributed by atoms with van der Waals surface area (Å²) in [6.45, 7) is 6.52. The van der Waals surface area contributed by atoms with Crippen molar-refractivity contribution in [1.82, 2.24) is 18.7 Å². The van der Waals surface area contributed by atoms with Crippen LogP contribution in [0.2, 0.25) is 5.02 Å². The Morgan fingerprint density at radius 2 is 1.65 bits per heavy atom. The molecule has 7 heteroatoms. The molecule has 0 bridgehead atoms. The lowest BCUT2D eigenvalue weighted by Crippen LogP contribution is -2.40. The van der Waals surface area contributed by atoms with Gasteiger partial charge in [0.05, 0.1) is 18.1 Å². The molecule has 1 atom stereocenters. The number of hydrogen-bond acceptors (Lipinski definition) is 3. The van der Waals surface area contributed by atoms with Gasteiger partial charge >= 0.3 is 5.69 Å². The predicted molar refractivity (Wildman–Crippen MR) is 124 cm³/mol. The Morgan fingerprint density at radius 3 is 2.29 bits per heavy atom. The molecule has 6 nitrogen and oxygen atoms in total. The minimum atomic E-state index is -0.391. The van der Waals surface area contributed by atoms with Gasteiger partial charge in [-0.3, -0.25) is 9.36 Å². The number of halogens is 1. The third-order valence-corrected chi connectivity index (χ3v) is 5.82. The highest BCUT2D eigenvalue weighted by Crippen LogP contribution is 2.22. The molecule has 0 aliphatic rings. The second kappa shape index (κ2) is 8.55. The molecule has 0 saturated carbocycles. The predicted octanol–water partition coefficient (Wildman–Crippen LogP) is 4.66. The van der Waals surface area contributed by atoms with E-state index in [0.717, 1.165) is 12.0 Å². The standard InChI is InChI=1S/C24H25ClN4O2/c1-16(2)13-14-27-23(30)21-22(29(24(27)31)20-11-9-19(25)10-12-20)26-15-28(21)17(3)18-7-5-4-6-8-18/h4-12,15-17H,13-14H2,1-3H3/t17-/m1/s1. The van der Waals surface area contributed by atoms with Crippen LogP contribution in [0.3, 0.4) is 0 Å². The first-order chi connectivity index (χ1) is 14.9. The highest BCUT2D eigenvalue weighted by Gasteiger charge is 2.22. The first kappa shape index (κ1) is 21.1. The van der Waals surface area contributed by atoms with E-state index in [1.54, 1.807) is 30.6 Å². The minimum Gasteiger partial charge on any atom is -0.317 e. The van der Waals surface area contributed by atoms with Crippen LogP contribution in [0, 0.1) is 5.92 Å². The van der Waals surface area contributed by atoms with Crippen LogP contribution < -0.4 is 11.2 Å². The molecule has 31 heavy (non-hydrogen) atoms. The molecule has 4 aromatic rings. The van der Waals surface area contributed by atoms with Gasteiger partial charge in [-0.15, -0.1) is 0 Å². The lowest BCUT2D eigenvalue weighted by atomic mass is 10.1. The fraction of sp³-hybridized carbons (Fsp3) is 0.292. The third-order valence-electron chi connectivity index (χ3n) is 5.57.